The molecule has 0 unspecified atom stereocenters. The van der Waals surface area contributed by atoms with E-state index in [1.807, 2.05) is 17.5 Å². The number of rotatable bonds is 7. The Morgan fingerprint density at radius 1 is 1.19 bits per heavy atom. The molecule has 11 nitrogen and oxygen atoms in total. The lowest BCUT2D eigenvalue weighted by Gasteiger charge is -2.11. The lowest BCUT2D eigenvalue weighted by molar-refractivity contribution is -0.117. The van der Waals surface area contributed by atoms with E-state index < -0.39 is 6.04 Å². The number of aromatic nitrogens is 6. The maximum atomic E-state index is 13.0. The van der Waals surface area contributed by atoms with Crippen molar-refractivity contribution in [3.8, 4) is 22.5 Å². The number of nitrogens with zero attached hydrogens (tertiary/aromatic N) is 6. The summed E-state index contributed by atoms with van der Waals surface area (Å²) in [6.45, 7) is 5.29. The van der Waals surface area contributed by atoms with Crippen molar-refractivity contribution in [1.29, 1.82) is 0 Å². The third-order valence-corrected chi connectivity index (χ3v) is 6.12. The van der Waals surface area contributed by atoms with Crippen molar-refractivity contribution < 1.29 is 9.59 Å². The highest BCUT2D eigenvalue weighted by Gasteiger charge is 2.21. The summed E-state index contributed by atoms with van der Waals surface area (Å²) in [6.07, 6.45) is 7.53. The fourth-order valence-electron chi connectivity index (χ4n) is 3.84. The molecule has 0 aliphatic carbocycles. The first kappa shape index (κ1) is 23.8. The van der Waals surface area contributed by atoms with Crippen LogP contribution in [0.3, 0.4) is 0 Å². The summed E-state index contributed by atoms with van der Waals surface area (Å²) in [5, 5.41) is 11.6. The van der Waals surface area contributed by atoms with Gasteiger partial charge in [-0.15, -0.1) is 5.10 Å². The zero-order chi connectivity index (χ0) is 25.9. The topological polar surface area (TPSA) is 153 Å². The Labute approximate surface area is 215 Å². The number of nitrogens with two attached hydrogens (primary N) is 1. The fraction of sp³-hybridized carbons (Fsp3) is 0.0800. The SMILES string of the molecule is C=CC(=O)N[C@@H](C)c1nc(-c2cncc(C(=O)Nc3ccc(-c4csnn4)cc3)c2)c2c(N)nccn12. The predicted octanol–water partition coefficient (Wildman–Crippen LogP) is 3.51. The quantitative estimate of drug-likeness (QED) is 0.281. The van der Waals surface area contributed by atoms with E-state index in [-0.39, 0.29) is 17.6 Å². The van der Waals surface area contributed by atoms with E-state index in [9.17, 15) is 9.59 Å². The molecule has 0 radical (unpaired) electrons. The number of hydrogen-bond donors (Lipinski definition) is 3. The molecule has 1 aromatic carbocycles. The second-order valence-corrected chi connectivity index (χ2v) is 8.68. The second-order valence-electron chi connectivity index (χ2n) is 8.07. The van der Waals surface area contributed by atoms with Crippen molar-refractivity contribution in [2.24, 2.45) is 0 Å². The molecule has 184 valence electrons. The van der Waals surface area contributed by atoms with Crippen molar-refractivity contribution in [1.82, 2.24) is 34.3 Å². The minimum atomic E-state index is -0.448. The predicted molar refractivity (Wildman–Crippen MR) is 141 cm³/mol. The van der Waals surface area contributed by atoms with Gasteiger partial charge in [0.05, 0.1) is 11.6 Å². The largest absolute Gasteiger partial charge is 0.382 e. The van der Waals surface area contributed by atoms with Crippen LogP contribution in [0.4, 0.5) is 11.5 Å². The van der Waals surface area contributed by atoms with Crippen LogP contribution in [0.15, 0.2) is 73.2 Å². The molecule has 0 aliphatic heterocycles. The van der Waals surface area contributed by atoms with E-state index in [1.165, 1.54) is 23.8 Å². The van der Waals surface area contributed by atoms with Crippen LogP contribution in [0.25, 0.3) is 28.0 Å². The lowest BCUT2D eigenvalue weighted by atomic mass is 10.1. The summed E-state index contributed by atoms with van der Waals surface area (Å²) in [6, 6.07) is 8.55. The molecule has 0 aliphatic rings. The third kappa shape index (κ3) is 4.77. The average Bonchev–Trinajstić information content (AvgIpc) is 3.58. The number of fused-ring (bicyclic) bond motifs is 1. The summed E-state index contributed by atoms with van der Waals surface area (Å²) in [5.74, 6) is 0.131. The van der Waals surface area contributed by atoms with Crippen molar-refractivity contribution in [2.45, 2.75) is 13.0 Å². The zero-order valence-electron chi connectivity index (χ0n) is 19.6. The summed E-state index contributed by atoms with van der Waals surface area (Å²) in [4.78, 5) is 38.1. The highest BCUT2D eigenvalue weighted by Crippen LogP contribution is 2.30. The van der Waals surface area contributed by atoms with E-state index in [0.717, 1.165) is 11.3 Å². The Morgan fingerprint density at radius 3 is 2.73 bits per heavy atom. The Hall–Kier alpha value is -4.97. The van der Waals surface area contributed by atoms with Gasteiger partial charge in [-0.05, 0) is 42.7 Å². The van der Waals surface area contributed by atoms with Gasteiger partial charge in [-0.1, -0.05) is 23.2 Å². The minimum Gasteiger partial charge on any atom is -0.382 e. The van der Waals surface area contributed by atoms with Crippen LogP contribution in [0.2, 0.25) is 0 Å². The molecule has 1 atom stereocenters. The molecule has 0 spiro atoms. The van der Waals surface area contributed by atoms with Gasteiger partial charge in [-0.2, -0.15) is 0 Å². The van der Waals surface area contributed by atoms with E-state index >= 15 is 0 Å². The Balaban J connectivity index is 1.45. The van der Waals surface area contributed by atoms with Gasteiger partial charge in [0.15, 0.2) is 0 Å². The minimum absolute atomic E-state index is 0.253. The molecule has 0 bridgehead atoms. The number of imidazole rings is 1. The standard InChI is InChI=1S/C25H21N9O2S/c1-3-20(35)29-14(2)24-31-21(22-23(26)28-8-9-34(22)24)16-10-17(12-27-11-16)25(36)30-18-6-4-15(5-7-18)19-13-37-33-32-19/h3-14H,1H2,2H3,(H2,26,28)(H,29,35)(H,30,36)/t14-/m0/s1. The number of nitrogen functional groups attached to an aromatic ring is 1. The number of benzene rings is 1. The summed E-state index contributed by atoms with van der Waals surface area (Å²) < 4.78 is 5.63. The molecule has 4 heterocycles. The first-order valence-corrected chi connectivity index (χ1v) is 12.0. The normalized spacial score (nSPS) is 11.7. The van der Waals surface area contributed by atoms with Crippen molar-refractivity contribution in [2.75, 3.05) is 11.1 Å². The molecule has 5 rings (SSSR count). The number of hydrogen-bond acceptors (Lipinski definition) is 9. The molecule has 37 heavy (non-hydrogen) atoms. The third-order valence-electron chi connectivity index (χ3n) is 5.61. The molecule has 0 fully saturated rings. The number of carbonyl (C=O) groups is 2. The molecular formula is C25H21N9O2S. The van der Waals surface area contributed by atoms with Crippen molar-refractivity contribution in [3.63, 3.8) is 0 Å². The van der Waals surface area contributed by atoms with E-state index in [0.29, 0.717) is 33.8 Å². The van der Waals surface area contributed by atoms with E-state index in [4.69, 9.17) is 10.7 Å². The van der Waals surface area contributed by atoms with Gasteiger partial charge in [-0.3, -0.25) is 19.0 Å². The van der Waals surface area contributed by atoms with Crippen molar-refractivity contribution >= 4 is 40.4 Å². The Bertz CT molecular complexity index is 1610. The zero-order valence-corrected chi connectivity index (χ0v) is 20.4. The van der Waals surface area contributed by atoms with Gasteiger partial charge in [0.1, 0.15) is 28.5 Å². The first-order chi connectivity index (χ1) is 17.9. The van der Waals surface area contributed by atoms with Gasteiger partial charge in [-0.25, -0.2) is 9.97 Å². The van der Waals surface area contributed by atoms with Crippen LogP contribution >= 0.6 is 11.5 Å². The molecule has 12 heteroatoms. The maximum absolute atomic E-state index is 13.0. The van der Waals surface area contributed by atoms with E-state index in [1.54, 1.807) is 48.1 Å². The lowest BCUT2D eigenvalue weighted by Crippen LogP contribution is -2.26. The Kier molecular flexibility index (Phi) is 6.39. The number of nitrogens with one attached hydrogen (secondary N) is 2. The van der Waals surface area contributed by atoms with Gasteiger partial charge >= 0.3 is 0 Å². The first-order valence-electron chi connectivity index (χ1n) is 11.1. The number of anilines is 2. The van der Waals surface area contributed by atoms with Gasteiger partial charge < -0.3 is 16.4 Å². The number of amides is 2. The molecule has 2 amide bonds. The van der Waals surface area contributed by atoms with Crippen LogP contribution in [-0.4, -0.2) is 40.8 Å². The number of pyridine rings is 1. The Morgan fingerprint density at radius 2 is 2.00 bits per heavy atom. The monoisotopic (exact) mass is 511 g/mol. The summed E-state index contributed by atoms with van der Waals surface area (Å²) in [5.41, 5.74) is 10.4. The van der Waals surface area contributed by atoms with Crippen molar-refractivity contribution in [3.05, 3.63) is 84.5 Å². The number of carbonyl (C=O) groups excluding carboxylic acids is 2. The molecule has 4 aromatic heterocycles. The summed E-state index contributed by atoms with van der Waals surface area (Å²) >= 11 is 1.28. The van der Waals surface area contributed by atoms with Crippen LogP contribution in [0.1, 0.15) is 29.1 Å². The fourth-order valence-corrected chi connectivity index (χ4v) is 4.31. The van der Waals surface area contributed by atoms with Crippen LogP contribution < -0.4 is 16.4 Å². The van der Waals surface area contributed by atoms with Gasteiger partial charge in [0, 0.05) is 47.0 Å². The average molecular weight is 512 g/mol. The highest BCUT2D eigenvalue weighted by atomic mass is 32.1. The van der Waals surface area contributed by atoms with Gasteiger partial charge in [0.25, 0.3) is 5.91 Å². The molecule has 5 aromatic rings. The smallest absolute Gasteiger partial charge is 0.257 e. The van der Waals surface area contributed by atoms with Crippen LogP contribution in [0, 0.1) is 0 Å². The molecular weight excluding hydrogens is 490 g/mol. The van der Waals surface area contributed by atoms with Gasteiger partial charge in [0.2, 0.25) is 5.91 Å². The highest BCUT2D eigenvalue weighted by molar-refractivity contribution is 7.03. The molecule has 0 saturated carbocycles. The van der Waals surface area contributed by atoms with Crippen LogP contribution in [0.5, 0.6) is 0 Å². The molecule has 0 saturated heterocycles. The molecule has 4 N–H and O–H groups in total. The van der Waals surface area contributed by atoms with E-state index in [2.05, 4.69) is 36.8 Å². The second kappa shape index (κ2) is 9.95. The summed E-state index contributed by atoms with van der Waals surface area (Å²) in [7, 11) is 0. The maximum Gasteiger partial charge on any atom is 0.257 e. The van der Waals surface area contributed by atoms with Crippen LogP contribution in [-0.2, 0) is 4.79 Å².